The maximum Gasteiger partial charge on any atom is 0.246 e. The van der Waals surface area contributed by atoms with Gasteiger partial charge < -0.3 is 9.64 Å². The van der Waals surface area contributed by atoms with Crippen molar-refractivity contribution in [3.8, 4) is 5.75 Å². The Kier molecular flexibility index (Phi) is 6.62. The summed E-state index contributed by atoms with van der Waals surface area (Å²) in [5.41, 5.74) is 2.05. The third-order valence-electron chi connectivity index (χ3n) is 5.30. The van der Waals surface area contributed by atoms with E-state index < -0.39 is 10.0 Å². The number of benzene rings is 1. The minimum atomic E-state index is -3.64. The molecule has 0 unspecified atom stereocenters. The molecule has 30 heavy (non-hydrogen) atoms. The lowest BCUT2D eigenvalue weighted by Crippen LogP contribution is -2.50. The second kappa shape index (κ2) is 9.01. The van der Waals surface area contributed by atoms with Crippen LogP contribution in [0.4, 0.5) is 0 Å². The van der Waals surface area contributed by atoms with Crippen molar-refractivity contribution in [2.45, 2.75) is 32.2 Å². The van der Waals surface area contributed by atoms with Crippen LogP contribution in [0, 0.1) is 13.8 Å². The van der Waals surface area contributed by atoms with Gasteiger partial charge in [0.25, 0.3) is 0 Å². The molecule has 1 saturated heterocycles. The van der Waals surface area contributed by atoms with E-state index in [0.717, 1.165) is 11.3 Å². The molecule has 3 rings (SSSR count). The Bertz CT molecular complexity index is 1030. The van der Waals surface area contributed by atoms with Crippen molar-refractivity contribution >= 4 is 22.0 Å². The molecule has 0 radical (unpaired) electrons. The number of aryl methyl sites for hydroxylation is 2. The molecule has 1 amide bonds. The Labute approximate surface area is 177 Å². The van der Waals surface area contributed by atoms with Crippen LogP contribution in [0.5, 0.6) is 5.75 Å². The van der Waals surface area contributed by atoms with E-state index >= 15 is 0 Å². The highest BCUT2D eigenvalue weighted by Gasteiger charge is 2.33. The van der Waals surface area contributed by atoms with E-state index in [2.05, 4.69) is 5.10 Å². The first kappa shape index (κ1) is 22.0. The molecule has 9 heteroatoms. The molecular weight excluding hydrogens is 404 g/mol. The Morgan fingerprint density at radius 1 is 1.13 bits per heavy atom. The Morgan fingerprint density at radius 3 is 2.30 bits per heavy atom. The van der Waals surface area contributed by atoms with E-state index in [1.165, 1.54) is 10.4 Å². The first-order valence-electron chi connectivity index (χ1n) is 9.93. The van der Waals surface area contributed by atoms with Crippen LogP contribution in [0.25, 0.3) is 6.08 Å². The number of sulfonamides is 1. The molecule has 2 aromatic rings. The van der Waals surface area contributed by atoms with Gasteiger partial charge in [0.05, 0.1) is 18.5 Å². The second-order valence-electron chi connectivity index (χ2n) is 7.15. The second-order valence-corrected chi connectivity index (χ2v) is 9.03. The predicted molar refractivity (Wildman–Crippen MR) is 115 cm³/mol. The van der Waals surface area contributed by atoms with E-state index in [9.17, 15) is 13.2 Å². The third-order valence-corrected chi connectivity index (χ3v) is 7.45. The van der Waals surface area contributed by atoms with Crippen molar-refractivity contribution in [1.82, 2.24) is 19.0 Å². The summed E-state index contributed by atoms with van der Waals surface area (Å²) in [6.45, 7) is 7.28. The number of carbonyl (C=O) groups is 1. The van der Waals surface area contributed by atoms with Crippen LogP contribution < -0.4 is 4.74 Å². The molecule has 1 fully saturated rings. The fourth-order valence-electron chi connectivity index (χ4n) is 3.63. The van der Waals surface area contributed by atoms with Crippen molar-refractivity contribution in [2.24, 2.45) is 0 Å². The molecule has 0 bridgehead atoms. The van der Waals surface area contributed by atoms with Crippen LogP contribution in [0.1, 0.15) is 23.9 Å². The van der Waals surface area contributed by atoms with Crippen LogP contribution in [0.2, 0.25) is 0 Å². The van der Waals surface area contributed by atoms with Crippen molar-refractivity contribution in [3.05, 3.63) is 47.3 Å². The Balaban J connectivity index is 1.64. The van der Waals surface area contributed by atoms with Crippen LogP contribution >= 0.6 is 0 Å². The maximum atomic E-state index is 13.1. The van der Waals surface area contributed by atoms with Gasteiger partial charge in [-0.15, -0.1) is 0 Å². The summed E-state index contributed by atoms with van der Waals surface area (Å²) in [4.78, 5) is 14.5. The van der Waals surface area contributed by atoms with E-state index in [0.29, 0.717) is 31.0 Å². The lowest BCUT2D eigenvalue weighted by Gasteiger charge is -2.33. The molecule has 1 aromatic heterocycles. The van der Waals surface area contributed by atoms with Crippen LogP contribution in [-0.4, -0.2) is 66.6 Å². The number of amides is 1. The number of hydrogen-bond donors (Lipinski definition) is 0. The largest absolute Gasteiger partial charge is 0.497 e. The molecule has 8 nitrogen and oxygen atoms in total. The SMILES string of the molecule is CCn1nc(C)c(S(=O)(=O)N2CCN(C(=O)/C=C/c3ccc(OC)cc3)CC2)c1C. The zero-order valence-corrected chi connectivity index (χ0v) is 18.6. The first-order chi connectivity index (χ1) is 14.3. The molecule has 1 aliphatic rings. The lowest BCUT2D eigenvalue weighted by atomic mass is 10.2. The van der Waals surface area contributed by atoms with Gasteiger partial charge >= 0.3 is 0 Å². The number of piperazine rings is 1. The molecular formula is C21H28N4O4S. The normalized spacial score (nSPS) is 15.7. The molecule has 0 spiro atoms. The quantitative estimate of drug-likeness (QED) is 0.653. The zero-order valence-electron chi connectivity index (χ0n) is 17.8. The van der Waals surface area contributed by atoms with E-state index in [4.69, 9.17) is 4.74 Å². The molecule has 0 N–H and O–H groups in total. The van der Waals surface area contributed by atoms with Gasteiger partial charge in [-0.05, 0) is 44.5 Å². The van der Waals surface area contributed by atoms with Crippen LogP contribution in [-0.2, 0) is 21.4 Å². The van der Waals surface area contributed by atoms with E-state index in [1.807, 2.05) is 31.2 Å². The highest BCUT2D eigenvalue weighted by atomic mass is 32.2. The molecule has 0 atom stereocenters. The highest BCUT2D eigenvalue weighted by Crippen LogP contribution is 2.24. The Morgan fingerprint density at radius 2 is 1.77 bits per heavy atom. The molecule has 1 aromatic carbocycles. The van der Waals surface area contributed by atoms with Gasteiger partial charge in [-0.3, -0.25) is 9.48 Å². The molecule has 1 aliphatic heterocycles. The predicted octanol–water partition coefficient (Wildman–Crippen LogP) is 2.07. The number of aromatic nitrogens is 2. The number of nitrogens with zero attached hydrogens (tertiary/aromatic N) is 4. The number of ether oxygens (including phenoxy) is 1. The summed E-state index contributed by atoms with van der Waals surface area (Å²) in [5.74, 6) is 0.625. The van der Waals surface area contributed by atoms with Gasteiger partial charge in [0.1, 0.15) is 10.6 Å². The summed E-state index contributed by atoms with van der Waals surface area (Å²) in [6, 6.07) is 7.40. The average Bonchev–Trinajstić information content (AvgIpc) is 3.06. The topological polar surface area (TPSA) is 84.7 Å². The van der Waals surface area contributed by atoms with Crippen molar-refractivity contribution in [3.63, 3.8) is 0 Å². The summed E-state index contributed by atoms with van der Waals surface area (Å²) in [5, 5.41) is 4.33. The van der Waals surface area contributed by atoms with E-state index in [-0.39, 0.29) is 23.9 Å². The van der Waals surface area contributed by atoms with Gasteiger partial charge in [-0.2, -0.15) is 9.40 Å². The summed E-state index contributed by atoms with van der Waals surface area (Å²) < 4.78 is 34.6. The molecule has 162 valence electrons. The van der Waals surface area contributed by atoms with Crippen LogP contribution in [0.3, 0.4) is 0 Å². The number of hydrogen-bond acceptors (Lipinski definition) is 5. The number of carbonyl (C=O) groups excluding carboxylic acids is 1. The monoisotopic (exact) mass is 432 g/mol. The van der Waals surface area contributed by atoms with Crippen molar-refractivity contribution < 1.29 is 17.9 Å². The zero-order chi connectivity index (χ0) is 21.9. The minimum Gasteiger partial charge on any atom is -0.497 e. The third kappa shape index (κ3) is 4.41. The fourth-order valence-corrected chi connectivity index (χ4v) is 5.42. The van der Waals surface area contributed by atoms with E-state index in [1.54, 1.807) is 36.6 Å². The van der Waals surface area contributed by atoms with Crippen LogP contribution in [0.15, 0.2) is 35.2 Å². The van der Waals surface area contributed by atoms with Gasteiger partial charge in [0.2, 0.25) is 15.9 Å². The average molecular weight is 433 g/mol. The highest BCUT2D eigenvalue weighted by molar-refractivity contribution is 7.89. The number of methoxy groups -OCH3 is 1. The van der Waals surface area contributed by atoms with Crippen molar-refractivity contribution in [2.75, 3.05) is 33.3 Å². The van der Waals surface area contributed by atoms with Gasteiger partial charge in [0, 0.05) is 38.8 Å². The summed E-state index contributed by atoms with van der Waals surface area (Å²) in [6.07, 6.45) is 3.27. The number of rotatable bonds is 6. The summed E-state index contributed by atoms with van der Waals surface area (Å²) >= 11 is 0. The smallest absolute Gasteiger partial charge is 0.246 e. The molecule has 2 heterocycles. The Hall–Kier alpha value is -2.65. The summed E-state index contributed by atoms with van der Waals surface area (Å²) in [7, 11) is -2.04. The standard InChI is InChI=1S/C21H28N4O4S/c1-5-25-17(3)21(16(2)22-25)30(27,28)24-14-12-23(13-15-24)20(26)11-8-18-6-9-19(29-4)10-7-18/h6-11H,5,12-15H2,1-4H3/b11-8+. The molecule has 0 saturated carbocycles. The van der Waals surface area contributed by atoms with Crippen molar-refractivity contribution in [1.29, 1.82) is 0 Å². The van der Waals surface area contributed by atoms with Gasteiger partial charge in [-0.25, -0.2) is 8.42 Å². The van der Waals surface area contributed by atoms with Gasteiger partial charge in [-0.1, -0.05) is 12.1 Å². The molecule has 0 aliphatic carbocycles. The lowest BCUT2D eigenvalue weighted by molar-refractivity contribution is -0.127. The first-order valence-corrected chi connectivity index (χ1v) is 11.4. The fraction of sp³-hybridized carbons (Fsp3) is 0.429. The maximum absolute atomic E-state index is 13.1. The minimum absolute atomic E-state index is 0.131. The van der Waals surface area contributed by atoms with Gasteiger partial charge in [0.15, 0.2) is 0 Å².